The Morgan fingerprint density at radius 1 is 1.05 bits per heavy atom. The maximum Gasteiger partial charge on any atom is 0.150 e. The van der Waals surface area contributed by atoms with Crippen LogP contribution in [0.5, 0.6) is 0 Å². The second-order valence-corrected chi connectivity index (χ2v) is 7.49. The van der Waals surface area contributed by atoms with Crippen molar-refractivity contribution in [1.29, 1.82) is 0 Å². The summed E-state index contributed by atoms with van der Waals surface area (Å²) in [5.41, 5.74) is 5.29. The highest BCUT2D eigenvalue weighted by Crippen LogP contribution is 2.36. The van der Waals surface area contributed by atoms with Crippen molar-refractivity contribution in [2.24, 2.45) is 0 Å². The molecule has 3 nitrogen and oxygen atoms in total. The summed E-state index contributed by atoms with van der Waals surface area (Å²) in [5.74, 6) is 0.669. The summed E-state index contributed by atoms with van der Waals surface area (Å²) in [6.45, 7) is 8.08. The van der Waals surface area contributed by atoms with Crippen molar-refractivity contribution in [3.63, 3.8) is 0 Å². The van der Waals surface area contributed by atoms with Crippen LogP contribution in [0.1, 0.15) is 22.6 Å². The van der Waals surface area contributed by atoms with Gasteiger partial charge in [-0.15, -0.1) is 0 Å². The zero-order valence-electron chi connectivity index (χ0n) is 12.6. The lowest BCUT2D eigenvalue weighted by Crippen LogP contribution is -2.03. The van der Waals surface area contributed by atoms with Crippen molar-refractivity contribution >= 4 is 54.5 Å². The number of hydrogen-bond donors (Lipinski definition) is 0. The Morgan fingerprint density at radius 3 is 2.36 bits per heavy atom. The molecule has 0 aliphatic carbocycles. The highest BCUT2D eigenvalue weighted by atomic mass is 79.9. The van der Waals surface area contributed by atoms with E-state index < -0.39 is 0 Å². The SMILES string of the molecule is Cc1nc(Cl)c2c(C)c(C)n(-c3c(C)cc(Br)cc3Br)c2n1. The Kier molecular flexibility index (Phi) is 4.08. The van der Waals surface area contributed by atoms with Crippen LogP contribution >= 0.6 is 43.5 Å². The molecule has 3 aromatic rings. The van der Waals surface area contributed by atoms with Crippen LogP contribution in [0.2, 0.25) is 5.15 Å². The Balaban J connectivity index is 2.50. The van der Waals surface area contributed by atoms with E-state index in [9.17, 15) is 0 Å². The van der Waals surface area contributed by atoms with Gasteiger partial charge in [-0.05, 0) is 66.9 Å². The molecule has 1 aromatic carbocycles. The molecular formula is C16H14Br2ClN3. The molecule has 0 N–H and O–H groups in total. The lowest BCUT2D eigenvalue weighted by atomic mass is 10.2. The van der Waals surface area contributed by atoms with E-state index >= 15 is 0 Å². The molecule has 0 aliphatic heterocycles. The quantitative estimate of drug-likeness (QED) is 0.443. The average Bonchev–Trinajstić information content (AvgIpc) is 2.62. The van der Waals surface area contributed by atoms with Gasteiger partial charge in [-0.1, -0.05) is 27.5 Å². The molecule has 114 valence electrons. The van der Waals surface area contributed by atoms with Crippen LogP contribution in [0.25, 0.3) is 16.7 Å². The van der Waals surface area contributed by atoms with Crippen molar-refractivity contribution < 1.29 is 0 Å². The second-order valence-electron chi connectivity index (χ2n) is 5.36. The molecule has 0 atom stereocenters. The summed E-state index contributed by atoms with van der Waals surface area (Å²) >= 11 is 13.6. The largest absolute Gasteiger partial charge is 0.297 e. The Labute approximate surface area is 151 Å². The van der Waals surface area contributed by atoms with Gasteiger partial charge < -0.3 is 0 Å². The smallest absolute Gasteiger partial charge is 0.150 e. The zero-order chi connectivity index (χ0) is 16.2. The predicted molar refractivity (Wildman–Crippen MR) is 98.2 cm³/mol. The molecule has 22 heavy (non-hydrogen) atoms. The molecule has 0 amide bonds. The second kappa shape index (κ2) is 5.62. The highest BCUT2D eigenvalue weighted by molar-refractivity contribution is 9.11. The first kappa shape index (κ1) is 16.0. The molecule has 0 saturated carbocycles. The van der Waals surface area contributed by atoms with Crippen LogP contribution in [0.4, 0.5) is 0 Å². The van der Waals surface area contributed by atoms with Gasteiger partial charge in [0.05, 0.1) is 11.1 Å². The summed E-state index contributed by atoms with van der Waals surface area (Å²) in [5, 5.41) is 1.42. The fraction of sp³-hybridized carbons (Fsp3) is 0.250. The van der Waals surface area contributed by atoms with Crippen LogP contribution < -0.4 is 0 Å². The number of rotatable bonds is 1. The number of hydrogen-bond acceptors (Lipinski definition) is 2. The normalized spacial score (nSPS) is 11.4. The number of aryl methyl sites for hydroxylation is 3. The van der Waals surface area contributed by atoms with Crippen LogP contribution in [-0.2, 0) is 0 Å². The van der Waals surface area contributed by atoms with Crippen LogP contribution in [-0.4, -0.2) is 14.5 Å². The topological polar surface area (TPSA) is 30.7 Å². The fourth-order valence-electron chi connectivity index (χ4n) is 2.77. The number of fused-ring (bicyclic) bond motifs is 1. The zero-order valence-corrected chi connectivity index (χ0v) is 16.6. The maximum atomic E-state index is 6.36. The molecule has 0 unspecified atom stereocenters. The van der Waals surface area contributed by atoms with E-state index in [0.717, 1.165) is 42.5 Å². The van der Waals surface area contributed by atoms with E-state index in [0.29, 0.717) is 11.0 Å². The van der Waals surface area contributed by atoms with E-state index in [-0.39, 0.29) is 0 Å². The summed E-state index contributed by atoms with van der Waals surface area (Å²) in [6.07, 6.45) is 0. The van der Waals surface area contributed by atoms with E-state index in [1.165, 1.54) is 0 Å². The Hall–Kier alpha value is -0.910. The predicted octanol–water partition coefficient (Wildman–Crippen LogP) is 5.83. The number of benzene rings is 1. The standard InChI is InChI=1S/C16H14Br2ClN3/c1-7-5-11(17)6-12(18)14(7)22-9(3)8(2)13-15(19)20-10(4)21-16(13)22/h5-6H,1-4H3. The third kappa shape index (κ3) is 2.39. The van der Waals surface area contributed by atoms with Gasteiger partial charge in [-0.2, -0.15) is 0 Å². The van der Waals surface area contributed by atoms with Gasteiger partial charge in [0.25, 0.3) is 0 Å². The van der Waals surface area contributed by atoms with Gasteiger partial charge >= 0.3 is 0 Å². The molecule has 0 saturated heterocycles. The summed E-state index contributed by atoms with van der Waals surface area (Å²) in [4.78, 5) is 8.93. The van der Waals surface area contributed by atoms with Gasteiger partial charge in [0.1, 0.15) is 16.6 Å². The number of nitrogens with zero attached hydrogens (tertiary/aromatic N) is 3. The van der Waals surface area contributed by atoms with Crippen molar-refractivity contribution in [2.45, 2.75) is 27.7 Å². The first-order valence-corrected chi connectivity index (χ1v) is 8.75. The Morgan fingerprint density at radius 2 is 1.73 bits per heavy atom. The van der Waals surface area contributed by atoms with Crippen LogP contribution in [0, 0.1) is 27.7 Å². The average molecular weight is 444 g/mol. The lowest BCUT2D eigenvalue weighted by Gasteiger charge is -2.14. The monoisotopic (exact) mass is 441 g/mol. The first-order chi connectivity index (χ1) is 10.3. The molecular weight excluding hydrogens is 429 g/mol. The molecule has 0 radical (unpaired) electrons. The molecule has 0 fully saturated rings. The summed E-state index contributed by atoms with van der Waals surface area (Å²) in [6, 6.07) is 4.13. The third-order valence-electron chi connectivity index (χ3n) is 3.86. The molecule has 0 aliphatic rings. The number of halogens is 3. The van der Waals surface area contributed by atoms with Crippen molar-refractivity contribution in [1.82, 2.24) is 14.5 Å². The summed E-state index contributed by atoms with van der Waals surface area (Å²) in [7, 11) is 0. The molecule has 0 bridgehead atoms. The highest BCUT2D eigenvalue weighted by Gasteiger charge is 2.20. The van der Waals surface area contributed by atoms with Gasteiger partial charge in [-0.3, -0.25) is 4.57 Å². The van der Waals surface area contributed by atoms with Crippen LogP contribution in [0.3, 0.4) is 0 Å². The van der Waals surface area contributed by atoms with E-state index in [2.05, 4.69) is 73.2 Å². The molecule has 6 heteroatoms. The molecule has 2 heterocycles. The minimum Gasteiger partial charge on any atom is -0.297 e. The minimum absolute atomic E-state index is 0.507. The minimum atomic E-state index is 0.507. The van der Waals surface area contributed by atoms with Gasteiger partial charge in [0.2, 0.25) is 0 Å². The van der Waals surface area contributed by atoms with E-state index in [1.807, 2.05) is 13.0 Å². The van der Waals surface area contributed by atoms with Crippen LogP contribution in [0.15, 0.2) is 21.1 Å². The molecule has 3 rings (SSSR count). The van der Waals surface area contributed by atoms with Gasteiger partial charge in [0.15, 0.2) is 0 Å². The van der Waals surface area contributed by atoms with Crippen molar-refractivity contribution in [3.05, 3.63) is 48.9 Å². The van der Waals surface area contributed by atoms with E-state index in [4.69, 9.17) is 11.6 Å². The van der Waals surface area contributed by atoms with Crippen molar-refractivity contribution in [2.75, 3.05) is 0 Å². The van der Waals surface area contributed by atoms with Crippen molar-refractivity contribution in [3.8, 4) is 5.69 Å². The first-order valence-electron chi connectivity index (χ1n) is 6.79. The van der Waals surface area contributed by atoms with Gasteiger partial charge in [0, 0.05) is 14.6 Å². The third-order valence-corrected chi connectivity index (χ3v) is 5.20. The molecule has 2 aromatic heterocycles. The summed E-state index contributed by atoms with van der Waals surface area (Å²) < 4.78 is 4.19. The fourth-order valence-corrected chi connectivity index (χ4v) is 4.73. The Bertz CT molecular complexity index is 893. The maximum absolute atomic E-state index is 6.36. The van der Waals surface area contributed by atoms with Gasteiger partial charge in [-0.25, -0.2) is 9.97 Å². The lowest BCUT2D eigenvalue weighted by molar-refractivity contribution is 0.979. The molecule has 0 spiro atoms. The van der Waals surface area contributed by atoms with E-state index in [1.54, 1.807) is 0 Å². The number of aromatic nitrogens is 3.